The zero-order chi connectivity index (χ0) is 15.9. The van der Waals surface area contributed by atoms with E-state index in [1.54, 1.807) is 0 Å². The van der Waals surface area contributed by atoms with Gasteiger partial charge in [0.25, 0.3) is 0 Å². The molecule has 122 valence electrons. The van der Waals surface area contributed by atoms with Crippen LogP contribution in [-0.2, 0) is 19.6 Å². The fourth-order valence-electron chi connectivity index (χ4n) is 2.17. The van der Waals surface area contributed by atoms with Gasteiger partial charge in [0, 0.05) is 19.1 Å². The van der Waals surface area contributed by atoms with Crippen LogP contribution < -0.4 is 5.32 Å². The van der Waals surface area contributed by atoms with Crippen molar-refractivity contribution in [3.63, 3.8) is 0 Å². The number of rotatable bonds is 8. The number of nitrogens with one attached hydrogen (secondary N) is 1. The third-order valence-corrected chi connectivity index (χ3v) is 6.13. The lowest BCUT2D eigenvalue weighted by atomic mass is 10.1. The van der Waals surface area contributed by atoms with Crippen LogP contribution in [0.4, 0.5) is 0 Å². The maximum absolute atomic E-state index is 11.9. The molecule has 0 aromatic rings. The van der Waals surface area contributed by atoms with Crippen LogP contribution in [0.2, 0.25) is 0 Å². The first kappa shape index (κ1) is 18.2. The van der Waals surface area contributed by atoms with Gasteiger partial charge in [-0.25, -0.2) is 12.7 Å². The van der Waals surface area contributed by atoms with E-state index in [1.165, 1.54) is 4.31 Å². The summed E-state index contributed by atoms with van der Waals surface area (Å²) in [5, 5.41) is 11.3. The second-order valence-corrected chi connectivity index (χ2v) is 8.02. The molecule has 7 nitrogen and oxygen atoms in total. The number of hydrogen-bond donors (Lipinski definition) is 2. The summed E-state index contributed by atoms with van der Waals surface area (Å²) in [4.78, 5) is 22.0. The van der Waals surface area contributed by atoms with Crippen LogP contribution in [0.5, 0.6) is 0 Å². The van der Waals surface area contributed by atoms with Gasteiger partial charge in [-0.05, 0) is 19.3 Å². The molecule has 2 N–H and O–H groups in total. The number of carbonyl (C=O) groups excluding carboxylic acids is 1. The van der Waals surface area contributed by atoms with E-state index in [0.717, 1.165) is 11.8 Å². The average Bonchev–Trinajstić information content (AvgIpc) is 2.38. The van der Waals surface area contributed by atoms with E-state index in [-0.39, 0.29) is 29.2 Å². The first-order valence-corrected chi connectivity index (χ1v) is 9.68. The van der Waals surface area contributed by atoms with Gasteiger partial charge < -0.3 is 10.4 Å². The van der Waals surface area contributed by atoms with E-state index >= 15 is 0 Å². The standard InChI is InChI=1S/C12H22N2O5S2/c1-2-7-21(18,19)14-5-3-10(4-6-14)13-11(15)8-20-9-12(16)17/h10H,2-9H2,1H3,(H,13,15)(H,16,17). The number of carboxylic acid groups (broad SMARTS) is 1. The Hall–Kier alpha value is -0.800. The lowest BCUT2D eigenvalue weighted by Gasteiger charge is -2.31. The molecule has 0 bridgehead atoms. The van der Waals surface area contributed by atoms with Crippen molar-refractivity contribution < 1.29 is 23.1 Å². The first-order chi connectivity index (χ1) is 9.85. The number of carbonyl (C=O) groups is 2. The fourth-order valence-corrected chi connectivity index (χ4v) is 4.25. The molecule has 0 aromatic heterocycles. The normalized spacial score (nSPS) is 17.6. The number of thioether (sulfide) groups is 1. The minimum Gasteiger partial charge on any atom is -0.481 e. The van der Waals surface area contributed by atoms with E-state index in [1.807, 2.05) is 6.92 Å². The summed E-state index contributed by atoms with van der Waals surface area (Å²) < 4.78 is 25.3. The quantitative estimate of drug-likeness (QED) is 0.652. The van der Waals surface area contributed by atoms with Gasteiger partial charge in [0.05, 0.1) is 17.3 Å². The van der Waals surface area contributed by atoms with Crippen LogP contribution in [0.1, 0.15) is 26.2 Å². The molecule has 9 heteroatoms. The van der Waals surface area contributed by atoms with E-state index in [2.05, 4.69) is 5.32 Å². The number of amides is 1. The van der Waals surface area contributed by atoms with E-state index < -0.39 is 16.0 Å². The van der Waals surface area contributed by atoms with Crippen molar-refractivity contribution in [1.29, 1.82) is 0 Å². The molecule has 1 amide bonds. The van der Waals surface area contributed by atoms with Crippen LogP contribution in [0.15, 0.2) is 0 Å². The van der Waals surface area contributed by atoms with Crippen molar-refractivity contribution in [3.8, 4) is 0 Å². The summed E-state index contributed by atoms with van der Waals surface area (Å²) in [6.45, 7) is 2.68. The molecule has 1 aliphatic rings. The lowest BCUT2D eigenvalue weighted by Crippen LogP contribution is -2.47. The number of piperidine rings is 1. The highest BCUT2D eigenvalue weighted by Gasteiger charge is 2.27. The van der Waals surface area contributed by atoms with E-state index in [0.29, 0.717) is 32.4 Å². The summed E-state index contributed by atoms with van der Waals surface area (Å²) in [6.07, 6.45) is 1.79. The Balaban J connectivity index is 2.30. The highest BCUT2D eigenvalue weighted by Crippen LogP contribution is 2.15. The molecule has 0 unspecified atom stereocenters. The van der Waals surface area contributed by atoms with Crippen molar-refractivity contribution in [3.05, 3.63) is 0 Å². The molecule has 0 aromatic carbocycles. The Morgan fingerprint density at radius 1 is 1.29 bits per heavy atom. The van der Waals surface area contributed by atoms with E-state index in [9.17, 15) is 18.0 Å². The summed E-state index contributed by atoms with van der Waals surface area (Å²) in [5.41, 5.74) is 0. The van der Waals surface area contributed by atoms with Gasteiger partial charge in [0.1, 0.15) is 0 Å². The highest BCUT2D eigenvalue weighted by molar-refractivity contribution is 8.00. The van der Waals surface area contributed by atoms with Gasteiger partial charge in [0.15, 0.2) is 0 Å². The van der Waals surface area contributed by atoms with Gasteiger partial charge in [-0.3, -0.25) is 9.59 Å². The van der Waals surface area contributed by atoms with Crippen LogP contribution in [-0.4, -0.2) is 66.1 Å². The molecule has 0 atom stereocenters. The van der Waals surface area contributed by atoms with Crippen LogP contribution in [0.25, 0.3) is 0 Å². The number of carboxylic acids is 1. The van der Waals surface area contributed by atoms with Gasteiger partial charge in [-0.2, -0.15) is 0 Å². The van der Waals surface area contributed by atoms with Gasteiger partial charge in [0.2, 0.25) is 15.9 Å². The fraction of sp³-hybridized carbons (Fsp3) is 0.833. The average molecular weight is 338 g/mol. The third-order valence-electron chi connectivity index (χ3n) is 3.13. The predicted molar refractivity (Wildman–Crippen MR) is 81.8 cm³/mol. The van der Waals surface area contributed by atoms with E-state index in [4.69, 9.17) is 5.11 Å². The minimum absolute atomic E-state index is 0.0315. The third kappa shape index (κ3) is 6.66. The molecule has 1 saturated heterocycles. The first-order valence-electron chi connectivity index (χ1n) is 6.92. The van der Waals surface area contributed by atoms with Gasteiger partial charge >= 0.3 is 5.97 Å². The van der Waals surface area contributed by atoms with Crippen molar-refractivity contribution in [2.75, 3.05) is 30.3 Å². The van der Waals surface area contributed by atoms with Crippen molar-refractivity contribution in [2.24, 2.45) is 0 Å². The molecule has 21 heavy (non-hydrogen) atoms. The summed E-state index contributed by atoms with van der Waals surface area (Å²) in [5.74, 6) is -0.962. The predicted octanol–water partition coefficient (Wildman–Crippen LogP) is 0.125. The second kappa shape index (κ2) is 8.60. The monoisotopic (exact) mass is 338 g/mol. The second-order valence-electron chi connectivity index (χ2n) is 4.94. The Morgan fingerprint density at radius 3 is 2.43 bits per heavy atom. The molecule has 0 saturated carbocycles. The SMILES string of the molecule is CCCS(=O)(=O)N1CCC(NC(=O)CSCC(=O)O)CC1. The smallest absolute Gasteiger partial charge is 0.313 e. The molecule has 0 spiro atoms. The van der Waals surface area contributed by atoms with Crippen molar-refractivity contribution >= 4 is 33.7 Å². The maximum atomic E-state index is 11.9. The Bertz CT molecular complexity index is 458. The highest BCUT2D eigenvalue weighted by atomic mass is 32.2. The number of hydrogen-bond acceptors (Lipinski definition) is 5. The zero-order valence-corrected chi connectivity index (χ0v) is 13.7. The van der Waals surface area contributed by atoms with Crippen molar-refractivity contribution in [1.82, 2.24) is 9.62 Å². The molecule has 1 rings (SSSR count). The van der Waals surface area contributed by atoms with Crippen LogP contribution in [0.3, 0.4) is 0 Å². The lowest BCUT2D eigenvalue weighted by molar-refractivity contribution is -0.133. The zero-order valence-electron chi connectivity index (χ0n) is 12.1. The molecule has 0 aliphatic carbocycles. The molecular formula is C12H22N2O5S2. The number of aliphatic carboxylic acids is 1. The largest absolute Gasteiger partial charge is 0.481 e. The number of nitrogens with zero attached hydrogens (tertiary/aromatic N) is 1. The molecule has 1 heterocycles. The molecular weight excluding hydrogens is 316 g/mol. The topological polar surface area (TPSA) is 104 Å². The Morgan fingerprint density at radius 2 is 1.90 bits per heavy atom. The molecule has 0 radical (unpaired) electrons. The number of sulfonamides is 1. The maximum Gasteiger partial charge on any atom is 0.313 e. The van der Waals surface area contributed by atoms with Crippen molar-refractivity contribution in [2.45, 2.75) is 32.2 Å². The summed E-state index contributed by atoms with van der Waals surface area (Å²) in [7, 11) is -3.16. The van der Waals surface area contributed by atoms with Gasteiger partial charge in [-0.1, -0.05) is 6.92 Å². The molecule has 1 fully saturated rings. The Labute approximate surface area is 129 Å². The Kier molecular flexibility index (Phi) is 7.47. The molecule has 1 aliphatic heterocycles. The summed E-state index contributed by atoms with van der Waals surface area (Å²) >= 11 is 1.05. The summed E-state index contributed by atoms with van der Waals surface area (Å²) in [6, 6.07) is -0.0315. The minimum atomic E-state index is -3.16. The van der Waals surface area contributed by atoms with Gasteiger partial charge in [-0.15, -0.1) is 11.8 Å². The van der Waals surface area contributed by atoms with Crippen LogP contribution in [0, 0.1) is 0 Å². The van der Waals surface area contributed by atoms with Crippen LogP contribution >= 0.6 is 11.8 Å².